The predicted molar refractivity (Wildman–Crippen MR) is 85.2 cm³/mol. The lowest BCUT2D eigenvalue weighted by Gasteiger charge is -2.31. The Balaban J connectivity index is 2.98. The molecule has 1 rings (SSSR count). The van der Waals surface area contributed by atoms with E-state index in [1.54, 1.807) is 13.2 Å². The van der Waals surface area contributed by atoms with Crippen molar-refractivity contribution in [3.8, 4) is 0 Å². The van der Waals surface area contributed by atoms with E-state index in [9.17, 15) is 4.39 Å². The summed E-state index contributed by atoms with van der Waals surface area (Å²) in [5.41, 5.74) is 0.903. The Morgan fingerprint density at radius 3 is 2.81 bits per heavy atom. The summed E-state index contributed by atoms with van der Waals surface area (Å²) in [4.78, 5) is 6.53. The molecule has 1 unspecified atom stereocenters. The Labute approximate surface area is 127 Å². The number of ether oxygens (including phenoxy) is 1. The number of nitrogens with zero attached hydrogens (tertiary/aromatic N) is 2. The van der Waals surface area contributed by atoms with E-state index in [4.69, 9.17) is 4.74 Å². The molecular weight excluding hydrogens is 269 g/mol. The van der Waals surface area contributed by atoms with Crippen LogP contribution in [0.4, 0.5) is 10.2 Å². The van der Waals surface area contributed by atoms with Crippen LogP contribution in [0.5, 0.6) is 0 Å². The van der Waals surface area contributed by atoms with Gasteiger partial charge in [0.05, 0.1) is 12.8 Å². The Hall–Kier alpha value is -1.20. The van der Waals surface area contributed by atoms with Crippen molar-refractivity contribution in [3.05, 3.63) is 23.6 Å². The zero-order chi connectivity index (χ0) is 15.7. The van der Waals surface area contributed by atoms with Gasteiger partial charge in [0.2, 0.25) is 0 Å². The number of nitrogens with one attached hydrogen (secondary N) is 1. The van der Waals surface area contributed by atoms with Crippen LogP contribution in [0.1, 0.15) is 39.2 Å². The fourth-order valence-corrected chi connectivity index (χ4v) is 2.21. The van der Waals surface area contributed by atoms with E-state index < -0.39 is 0 Å². The van der Waals surface area contributed by atoms with Gasteiger partial charge < -0.3 is 15.0 Å². The first-order chi connectivity index (χ1) is 10.1. The van der Waals surface area contributed by atoms with E-state index in [-0.39, 0.29) is 5.82 Å². The minimum Gasteiger partial charge on any atom is -0.383 e. The molecule has 1 N–H and O–H groups in total. The van der Waals surface area contributed by atoms with E-state index in [2.05, 4.69) is 36.0 Å². The monoisotopic (exact) mass is 297 g/mol. The molecule has 0 fully saturated rings. The largest absolute Gasteiger partial charge is 0.383 e. The van der Waals surface area contributed by atoms with Crippen LogP contribution in [0, 0.1) is 5.82 Å². The van der Waals surface area contributed by atoms with E-state index in [0.717, 1.165) is 37.3 Å². The Kier molecular flexibility index (Phi) is 8.23. The summed E-state index contributed by atoms with van der Waals surface area (Å²) in [7, 11) is 1.69. The Morgan fingerprint density at radius 2 is 2.19 bits per heavy atom. The molecule has 0 aliphatic rings. The topological polar surface area (TPSA) is 37.4 Å². The quantitative estimate of drug-likeness (QED) is 0.674. The molecule has 1 atom stereocenters. The molecule has 0 aromatic carbocycles. The van der Waals surface area contributed by atoms with Crippen LogP contribution in [-0.2, 0) is 11.3 Å². The number of methoxy groups -OCH3 is 1. The normalized spacial score (nSPS) is 12.4. The maximum Gasteiger partial charge on any atom is 0.141 e. The number of rotatable bonds is 10. The Bertz CT molecular complexity index is 415. The van der Waals surface area contributed by atoms with Gasteiger partial charge in [-0.3, -0.25) is 0 Å². The van der Waals surface area contributed by atoms with E-state index in [0.29, 0.717) is 19.2 Å². The highest BCUT2D eigenvalue weighted by atomic mass is 19.1. The van der Waals surface area contributed by atoms with Crippen LogP contribution in [-0.4, -0.2) is 37.8 Å². The molecule has 21 heavy (non-hydrogen) atoms. The molecule has 1 aromatic heterocycles. The van der Waals surface area contributed by atoms with Gasteiger partial charge >= 0.3 is 0 Å². The highest BCUT2D eigenvalue weighted by Crippen LogP contribution is 2.22. The van der Waals surface area contributed by atoms with Gasteiger partial charge in [-0.25, -0.2) is 9.37 Å². The third-order valence-electron chi connectivity index (χ3n) is 3.58. The SMILES string of the molecule is CCCNCc1cc(F)cnc1N(CCOC)C(C)CC. The maximum atomic E-state index is 13.5. The molecule has 0 bridgehead atoms. The molecule has 4 nitrogen and oxygen atoms in total. The molecule has 0 saturated heterocycles. The third-order valence-corrected chi connectivity index (χ3v) is 3.58. The molecule has 5 heteroatoms. The first-order valence-electron chi connectivity index (χ1n) is 7.74. The maximum absolute atomic E-state index is 13.5. The number of pyridine rings is 1. The van der Waals surface area contributed by atoms with Crippen LogP contribution in [0.2, 0.25) is 0 Å². The van der Waals surface area contributed by atoms with Crippen molar-refractivity contribution in [3.63, 3.8) is 0 Å². The van der Waals surface area contributed by atoms with Gasteiger partial charge in [-0.2, -0.15) is 0 Å². The zero-order valence-corrected chi connectivity index (χ0v) is 13.7. The highest BCUT2D eigenvalue weighted by molar-refractivity contribution is 5.47. The number of aromatic nitrogens is 1. The van der Waals surface area contributed by atoms with Crippen molar-refractivity contribution in [2.75, 3.05) is 31.7 Å². The summed E-state index contributed by atoms with van der Waals surface area (Å²) in [5, 5.41) is 3.32. The fourth-order valence-electron chi connectivity index (χ4n) is 2.21. The summed E-state index contributed by atoms with van der Waals surface area (Å²) in [5.74, 6) is 0.564. The summed E-state index contributed by atoms with van der Waals surface area (Å²) in [6, 6.07) is 1.91. The van der Waals surface area contributed by atoms with Crippen molar-refractivity contribution in [1.29, 1.82) is 0 Å². The molecule has 0 aliphatic heterocycles. The number of hydrogen-bond acceptors (Lipinski definition) is 4. The van der Waals surface area contributed by atoms with Crippen molar-refractivity contribution < 1.29 is 9.13 Å². The summed E-state index contributed by atoms with van der Waals surface area (Å²) >= 11 is 0. The van der Waals surface area contributed by atoms with Crippen molar-refractivity contribution in [1.82, 2.24) is 10.3 Å². The number of halogens is 1. The van der Waals surface area contributed by atoms with Crippen LogP contribution < -0.4 is 10.2 Å². The molecule has 0 spiro atoms. The molecule has 0 amide bonds. The van der Waals surface area contributed by atoms with Crippen molar-refractivity contribution in [2.45, 2.75) is 46.2 Å². The van der Waals surface area contributed by atoms with Crippen molar-refractivity contribution >= 4 is 5.82 Å². The van der Waals surface area contributed by atoms with Crippen LogP contribution in [0.25, 0.3) is 0 Å². The molecule has 120 valence electrons. The second-order valence-electron chi connectivity index (χ2n) is 5.26. The molecular formula is C16H28FN3O. The second kappa shape index (κ2) is 9.68. The van der Waals surface area contributed by atoms with E-state index >= 15 is 0 Å². The number of hydrogen-bond donors (Lipinski definition) is 1. The smallest absolute Gasteiger partial charge is 0.141 e. The van der Waals surface area contributed by atoms with Crippen LogP contribution in [0.3, 0.4) is 0 Å². The minimum atomic E-state index is -0.289. The van der Waals surface area contributed by atoms with E-state index in [1.807, 2.05) is 0 Å². The Morgan fingerprint density at radius 1 is 1.43 bits per heavy atom. The summed E-state index contributed by atoms with van der Waals surface area (Å²) < 4.78 is 18.7. The standard InChI is InChI=1S/C16H28FN3O/c1-5-7-18-11-14-10-15(17)12-19-16(14)20(8-9-21-4)13(3)6-2/h10,12-13,18H,5-9,11H2,1-4H3. The fraction of sp³-hybridized carbons (Fsp3) is 0.688. The summed E-state index contributed by atoms with van der Waals surface area (Å²) in [6.45, 7) is 9.34. The minimum absolute atomic E-state index is 0.289. The van der Waals surface area contributed by atoms with Gasteiger partial charge in [0, 0.05) is 31.8 Å². The van der Waals surface area contributed by atoms with Crippen LogP contribution >= 0.6 is 0 Å². The average Bonchev–Trinajstić information content (AvgIpc) is 2.49. The van der Waals surface area contributed by atoms with Gasteiger partial charge in [0.25, 0.3) is 0 Å². The summed E-state index contributed by atoms with van der Waals surface area (Å²) in [6.07, 6.45) is 3.35. The second-order valence-corrected chi connectivity index (χ2v) is 5.26. The highest BCUT2D eigenvalue weighted by Gasteiger charge is 2.18. The molecule has 1 aromatic rings. The third kappa shape index (κ3) is 5.59. The average molecular weight is 297 g/mol. The van der Waals surface area contributed by atoms with Gasteiger partial charge in [-0.15, -0.1) is 0 Å². The molecule has 0 saturated carbocycles. The first-order valence-corrected chi connectivity index (χ1v) is 7.74. The predicted octanol–water partition coefficient (Wildman–Crippen LogP) is 2.97. The molecule has 1 heterocycles. The van der Waals surface area contributed by atoms with Gasteiger partial charge in [-0.1, -0.05) is 13.8 Å². The lowest BCUT2D eigenvalue weighted by atomic mass is 10.1. The van der Waals surface area contributed by atoms with E-state index in [1.165, 1.54) is 6.20 Å². The van der Waals surface area contributed by atoms with Gasteiger partial charge in [0.15, 0.2) is 0 Å². The first kappa shape index (κ1) is 17.9. The van der Waals surface area contributed by atoms with Crippen molar-refractivity contribution in [2.24, 2.45) is 0 Å². The molecule has 0 aliphatic carbocycles. The van der Waals surface area contributed by atoms with Gasteiger partial charge in [-0.05, 0) is 32.4 Å². The number of anilines is 1. The van der Waals surface area contributed by atoms with Gasteiger partial charge in [0.1, 0.15) is 11.6 Å². The lowest BCUT2D eigenvalue weighted by molar-refractivity contribution is 0.203. The van der Waals surface area contributed by atoms with Crippen LogP contribution in [0.15, 0.2) is 12.3 Å². The zero-order valence-electron chi connectivity index (χ0n) is 13.7. The lowest BCUT2D eigenvalue weighted by Crippen LogP contribution is -2.37. The molecule has 0 radical (unpaired) electrons.